The summed E-state index contributed by atoms with van der Waals surface area (Å²) in [5.74, 6) is 0. The number of allylic oxidation sites excluding steroid dienone is 1. The molecule has 2 rings (SSSR count). The van der Waals surface area contributed by atoms with Crippen LogP contribution in [-0.4, -0.2) is 63.0 Å². The summed E-state index contributed by atoms with van der Waals surface area (Å²) in [6.45, 7) is 8.09. The number of fused-ring (bicyclic) bond motifs is 1. The largest absolute Gasteiger partial charge is 0.444 e. The van der Waals surface area contributed by atoms with Crippen molar-refractivity contribution in [1.29, 1.82) is 0 Å². The molecule has 0 aromatic carbocycles. The van der Waals surface area contributed by atoms with Crippen LogP contribution in [0.5, 0.6) is 0 Å². The van der Waals surface area contributed by atoms with Crippen molar-refractivity contribution in [1.82, 2.24) is 14.9 Å². The van der Waals surface area contributed by atoms with Crippen LogP contribution in [0.15, 0.2) is 40.2 Å². The van der Waals surface area contributed by atoms with Gasteiger partial charge in [0.1, 0.15) is 33.0 Å². The molecule has 0 spiro atoms. The first-order valence-electron chi connectivity index (χ1n) is 9.52. The minimum absolute atomic E-state index is 0.0385. The summed E-state index contributed by atoms with van der Waals surface area (Å²) in [5.41, 5.74) is 1.51. The van der Waals surface area contributed by atoms with Gasteiger partial charge in [-0.3, -0.25) is 0 Å². The smallest absolute Gasteiger partial charge is 0.410 e. The maximum absolute atomic E-state index is 12.3. The average molecular weight is 439 g/mol. The number of hydrogen-bond acceptors (Lipinski definition) is 8. The summed E-state index contributed by atoms with van der Waals surface area (Å²) in [5, 5.41) is 14.7. The number of nitrogens with zero attached hydrogens (tertiary/aromatic N) is 3. The minimum atomic E-state index is -0.567. The van der Waals surface area contributed by atoms with Crippen molar-refractivity contribution in [3.8, 4) is 0 Å². The molecular weight excluding hydrogens is 408 g/mol. The first-order valence-corrected chi connectivity index (χ1v) is 11.6. The molecule has 0 saturated heterocycles. The predicted molar refractivity (Wildman–Crippen MR) is 119 cm³/mol. The van der Waals surface area contributed by atoms with E-state index < -0.39 is 11.7 Å². The van der Waals surface area contributed by atoms with Crippen molar-refractivity contribution in [3.63, 3.8) is 0 Å². The fourth-order valence-corrected chi connectivity index (χ4v) is 4.40. The molecule has 9 heteroatoms. The lowest BCUT2D eigenvalue weighted by atomic mass is 10.2. The predicted octanol–water partition coefficient (Wildman–Crippen LogP) is 4.16. The molecule has 1 aromatic heterocycles. The highest BCUT2D eigenvalue weighted by molar-refractivity contribution is 8.01. The second kappa shape index (κ2) is 10.9. The number of amides is 1. The van der Waals surface area contributed by atoms with Crippen molar-refractivity contribution < 1.29 is 14.6 Å². The maximum Gasteiger partial charge on any atom is 0.410 e. The lowest BCUT2D eigenvalue weighted by Crippen LogP contribution is -2.39. The summed E-state index contributed by atoms with van der Waals surface area (Å²) in [6, 6.07) is 0. The van der Waals surface area contributed by atoms with E-state index in [1.165, 1.54) is 4.90 Å². The Hall–Kier alpha value is -1.71. The quantitative estimate of drug-likeness (QED) is 0.355. The van der Waals surface area contributed by atoms with Crippen LogP contribution >= 0.6 is 23.5 Å². The average Bonchev–Trinajstić information content (AvgIpc) is 3.09. The number of aliphatic hydroxyl groups is 1. The van der Waals surface area contributed by atoms with Gasteiger partial charge in [-0.15, -0.1) is 11.8 Å². The molecular formula is C20H30N4O3S2. The summed E-state index contributed by atoms with van der Waals surface area (Å²) in [4.78, 5) is 22.6. The van der Waals surface area contributed by atoms with Crippen molar-refractivity contribution in [2.45, 2.75) is 55.1 Å². The Morgan fingerprint density at radius 3 is 2.79 bits per heavy atom. The first kappa shape index (κ1) is 23.6. The fraction of sp³-hybridized carbons (Fsp3) is 0.550. The number of carbonyl (C=O) groups is 1. The van der Waals surface area contributed by atoms with Crippen LogP contribution < -0.4 is 5.32 Å². The molecule has 1 atom stereocenters. The zero-order chi connectivity index (χ0) is 21.4. The molecule has 29 heavy (non-hydrogen) atoms. The highest BCUT2D eigenvalue weighted by Crippen LogP contribution is 2.43. The van der Waals surface area contributed by atoms with E-state index in [1.54, 1.807) is 29.9 Å². The topological polar surface area (TPSA) is 87.6 Å². The van der Waals surface area contributed by atoms with Crippen LogP contribution in [0.1, 0.15) is 34.1 Å². The SMILES string of the molecule is C/C=C\C(=C/CCN(CCO)C(=O)OC(C)(C)C)C1Nc2c(SC)ncnc2S1. The Balaban J connectivity index is 2.06. The van der Waals surface area contributed by atoms with Crippen LogP contribution in [0.25, 0.3) is 0 Å². The molecule has 7 nitrogen and oxygen atoms in total. The zero-order valence-corrected chi connectivity index (χ0v) is 19.3. The van der Waals surface area contributed by atoms with E-state index in [2.05, 4.69) is 27.4 Å². The van der Waals surface area contributed by atoms with Gasteiger partial charge in [-0.05, 0) is 45.9 Å². The fourth-order valence-electron chi connectivity index (χ4n) is 2.73. The standard InChI is InChI=1S/C20H30N4O3S2/c1-6-8-14(16-23-15-17(28-5)21-13-22-18(15)29-16)9-7-10-24(11-12-25)19(26)27-20(2,3)4/h6,8-9,13,16,23,25H,7,10-12H2,1-5H3/b8-6-,14-9+. The monoisotopic (exact) mass is 438 g/mol. The van der Waals surface area contributed by atoms with Crippen molar-refractivity contribution >= 4 is 35.3 Å². The van der Waals surface area contributed by atoms with Gasteiger partial charge in [0.2, 0.25) is 0 Å². The Labute approximate surface area is 181 Å². The normalized spacial score (nSPS) is 16.6. The third-order valence-corrected chi connectivity index (χ3v) is 5.79. The third kappa shape index (κ3) is 6.94. The number of aromatic nitrogens is 2. The van der Waals surface area contributed by atoms with Gasteiger partial charge in [0.05, 0.1) is 6.61 Å². The summed E-state index contributed by atoms with van der Waals surface area (Å²) in [7, 11) is 0. The van der Waals surface area contributed by atoms with Crippen molar-refractivity contribution in [3.05, 3.63) is 30.1 Å². The van der Waals surface area contributed by atoms with E-state index in [4.69, 9.17) is 4.74 Å². The molecule has 160 valence electrons. The van der Waals surface area contributed by atoms with Gasteiger partial charge in [-0.25, -0.2) is 14.8 Å². The Morgan fingerprint density at radius 2 is 2.17 bits per heavy atom. The van der Waals surface area contributed by atoms with Gasteiger partial charge in [0, 0.05) is 13.1 Å². The molecule has 0 bridgehead atoms. The van der Waals surface area contributed by atoms with E-state index in [-0.39, 0.29) is 18.5 Å². The second-order valence-electron chi connectivity index (χ2n) is 7.39. The number of thioether (sulfide) groups is 2. The number of anilines is 1. The lowest BCUT2D eigenvalue weighted by molar-refractivity contribution is 0.0222. The van der Waals surface area contributed by atoms with Gasteiger partial charge in [-0.1, -0.05) is 30.0 Å². The van der Waals surface area contributed by atoms with E-state index in [0.29, 0.717) is 13.0 Å². The molecule has 0 fully saturated rings. The Kier molecular flexibility index (Phi) is 8.85. The number of nitrogens with one attached hydrogen (secondary N) is 1. The van der Waals surface area contributed by atoms with E-state index >= 15 is 0 Å². The van der Waals surface area contributed by atoms with Gasteiger partial charge >= 0.3 is 6.09 Å². The number of carbonyl (C=O) groups excluding carboxylic acids is 1. The Bertz CT molecular complexity index is 763. The summed E-state index contributed by atoms with van der Waals surface area (Å²) >= 11 is 3.25. The molecule has 2 N–H and O–H groups in total. The van der Waals surface area contributed by atoms with Crippen LogP contribution in [-0.2, 0) is 4.74 Å². The van der Waals surface area contributed by atoms with Gasteiger partial charge < -0.3 is 20.1 Å². The summed E-state index contributed by atoms with van der Waals surface area (Å²) in [6.07, 6.45) is 10.00. The molecule has 1 aliphatic rings. The zero-order valence-electron chi connectivity index (χ0n) is 17.6. The Morgan fingerprint density at radius 1 is 1.41 bits per heavy atom. The van der Waals surface area contributed by atoms with Crippen LogP contribution in [0.4, 0.5) is 10.5 Å². The minimum Gasteiger partial charge on any atom is -0.444 e. The van der Waals surface area contributed by atoms with Crippen LogP contribution in [0.3, 0.4) is 0 Å². The van der Waals surface area contributed by atoms with E-state index in [1.807, 2.05) is 40.0 Å². The second-order valence-corrected chi connectivity index (χ2v) is 9.28. The van der Waals surface area contributed by atoms with Gasteiger partial charge in [-0.2, -0.15) is 0 Å². The molecule has 1 amide bonds. The third-order valence-electron chi connectivity index (χ3n) is 3.94. The molecule has 1 unspecified atom stereocenters. The number of ether oxygens (including phenoxy) is 1. The van der Waals surface area contributed by atoms with Gasteiger partial charge in [0.25, 0.3) is 0 Å². The molecule has 1 aliphatic heterocycles. The van der Waals surface area contributed by atoms with Crippen molar-refractivity contribution in [2.75, 3.05) is 31.3 Å². The molecule has 0 aliphatic carbocycles. The molecule has 0 saturated carbocycles. The van der Waals surface area contributed by atoms with Gasteiger partial charge in [0.15, 0.2) is 0 Å². The number of rotatable bonds is 8. The highest BCUT2D eigenvalue weighted by atomic mass is 32.2. The van der Waals surface area contributed by atoms with Crippen molar-refractivity contribution in [2.24, 2.45) is 0 Å². The first-order chi connectivity index (χ1) is 13.8. The molecule has 2 heterocycles. The highest BCUT2D eigenvalue weighted by Gasteiger charge is 2.27. The number of aliphatic hydroxyl groups excluding tert-OH is 1. The van der Waals surface area contributed by atoms with Crippen LogP contribution in [0, 0.1) is 0 Å². The molecule has 0 radical (unpaired) electrons. The number of hydrogen-bond donors (Lipinski definition) is 2. The lowest BCUT2D eigenvalue weighted by Gasteiger charge is -2.26. The van der Waals surface area contributed by atoms with E-state index in [0.717, 1.165) is 21.3 Å². The molecule has 1 aromatic rings. The van der Waals surface area contributed by atoms with E-state index in [9.17, 15) is 9.90 Å². The summed E-state index contributed by atoms with van der Waals surface area (Å²) < 4.78 is 5.43. The maximum atomic E-state index is 12.3. The van der Waals surface area contributed by atoms with Crippen LogP contribution in [0.2, 0.25) is 0 Å².